The van der Waals surface area contributed by atoms with E-state index in [1.54, 1.807) is 0 Å². The number of rotatable bonds is 0. The van der Waals surface area contributed by atoms with Gasteiger partial charge in [-0.25, -0.2) is 0 Å². The van der Waals surface area contributed by atoms with Crippen molar-refractivity contribution in [3.63, 3.8) is 0 Å². The average Bonchev–Trinajstić information content (AvgIpc) is 2.94. The van der Waals surface area contributed by atoms with Crippen molar-refractivity contribution in [2.75, 3.05) is 39.3 Å². The zero-order valence-electron chi connectivity index (χ0n) is 26.2. The first-order valence-corrected chi connectivity index (χ1v) is 16.6. The predicted octanol–water partition coefficient (Wildman–Crippen LogP) is 3.91. The Morgan fingerprint density at radius 3 is 0.595 bits per heavy atom. The smallest absolute Gasteiger partial charge is 0.166 e. The molecule has 3 aliphatic rings. The lowest BCUT2D eigenvalue weighted by Gasteiger charge is -2.25. The van der Waals surface area contributed by atoms with Crippen molar-refractivity contribution in [2.24, 2.45) is 0 Å². The first kappa shape index (κ1) is 32.4. The van der Waals surface area contributed by atoms with Crippen LogP contribution in [0.5, 0.6) is 0 Å². The zero-order chi connectivity index (χ0) is 30.4. The maximum Gasteiger partial charge on any atom is 0.166 e. The molecule has 228 valence electrons. The van der Waals surface area contributed by atoms with Gasteiger partial charge in [0.15, 0.2) is 15.3 Å². The van der Waals surface area contributed by atoms with Crippen LogP contribution in [-0.2, 0) is 38.5 Å². The molecule has 0 atom stereocenters. The minimum Gasteiger partial charge on any atom is -0.362 e. The molecule has 0 saturated carbocycles. The van der Waals surface area contributed by atoms with Crippen LogP contribution in [0.4, 0.5) is 0 Å². The summed E-state index contributed by atoms with van der Waals surface area (Å²) < 4.78 is 0. The van der Waals surface area contributed by atoms with Gasteiger partial charge in [0.05, 0.1) is 0 Å². The van der Waals surface area contributed by atoms with Gasteiger partial charge in [0.1, 0.15) is 0 Å². The predicted molar refractivity (Wildman–Crippen MR) is 189 cm³/mol. The fourth-order valence-electron chi connectivity index (χ4n) is 7.02. The van der Waals surface area contributed by atoms with Crippen LogP contribution in [-0.4, -0.2) is 54.6 Å². The van der Waals surface area contributed by atoms with Gasteiger partial charge in [-0.3, -0.25) is 0 Å². The lowest BCUT2D eigenvalue weighted by molar-refractivity contribution is 0.758. The van der Waals surface area contributed by atoms with Crippen molar-refractivity contribution in [1.29, 1.82) is 0 Å². The summed E-state index contributed by atoms with van der Waals surface area (Å²) in [6.45, 7) is 18.4. The second-order valence-electron chi connectivity index (χ2n) is 11.7. The van der Waals surface area contributed by atoms with Gasteiger partial charge in [-0.05, 0) is 183 Å². The SMILES string of the molecule is Cc1c2c(C)c3c(C)c1CCNC(=S)NCCc1c(C)c(c(C)c(c1C)CCNC(=S)NCC3)CCNC(=S)NCC2. The fraction of sp³-hybridized carbons (Fsp3) is 0.545. The lowest BCUT2D eigenvalue weighted by atomic mass is 9.84. The van der Waals surface area contributed by atoms with Gasteiger partial charge in [0.25, 0.3) is 0 Å². The second kappa shape index (κ2) is 14.8. The van der Waals surface area contributed by atoms with Gasteiger partial charge < -0.3 is 31.9 Å². The largest absolute Gasteiger partial charge is 0.362 e. The Hall–Kier alpha value is -2.49. The highest BCUT2D eigenvalue weighted by molar-refractivity contribution is 7.80. The third-order valence-electron chi connectivity index (χ3n) is 9.40. The average molecular weight is 625 g/mol. The van der Waals surface area contributed by atoms with Gasteiger partial charge in [-0.1, -0.05) is 0 Å². The van der Waals surface area contributed by atoms with Crippen molar-refractivity contribution in [2.45, 2.75) is 80.1 Å². The van der Waals surface area contributed by atoms with Crippen LogP contribution in [0.2, 0.25) is 0 Å². The van der Waals surface area contributed by atoms with Crippen LogP contribution < -0.4 is 31.9 Å². The van der Waals surface area contributed by atoms with Crippen LogP contribution in [0.25, 0.3) is 0 Å². The summed E-state index contributed by atoms with van der Waals surface area (Å²) in [7, 11) is 0. The Morgan fingerprint density at radius 2 is 0.452 bits per heavy atom. The van der Waals surface area contributed by atoms with Crippen LogP contribution >= 0.6 is 36.7 Å². The maximum absolute atomic E-state index is 5.72. The van der Waals surface area contributed by atoms with Crippen molar-refractivity contribution < 1.29 is 0 Å². The highest BCUT2D eigenvalue weighted by Crippen LogP contribution is 2.30. The summed E-state index contributed by atoms with van der Waals surface area (Å²) in [6, 6.07) is 0. The topological polar surface area (TPSA) is 72.2 Å². The van der Waals surface area contributed by atoms with E-state index in [2.05, 4.69) is 73.4 Å². The molecular formula is C33H48N6S3. The Kier molecular flexibility index (Phi) is 11.4. The van der Waals surface area contributed by atoms with Crippen LogP contribution in [0.1, 0.15) is 66.8 Å². The first-order valence-electron chi connectivity index (χ1n) is 15.4. The van der Waals surface area contributed by atoms with E-state index in [0.717, 1.165) is 93.1 Å². The Morgan fingerprint density at radius 1 is 0.310 bits per heavy atom. The Balaban J connectivity index is 1.78. The Labute approximate surface area is 269 Å². The van der Waals surface area contributed by atoms with E-state index in [4.69, 9.17) is 36.7 Å². The molecule has 0 radical (unpaired) electrons. The van der Waals surface area contributed by atoms with E-state index in [1.165, 1.54) is 66.8 Å². The standard InChI is InChI=1S/C33H48N6S3/c1-19-25-7-13-34-31(40)37-16-10-28-22(4)29-11-17-38-32(41)35-14-8-26(19)21(3)27(20(25)2)9-15-36-33(42)39-18-12-30(23(28)5)24(29)6/h7-18H2,1-6H3,(H2,34,37,40)(H2,35,38,41)(H2,36,39,42). The second-order valence-corrected chi connectivity index (χ2v) is 12.9. The number of hydrogen-bond acceptors (Lipinski definition) is 3. The quantitative estimate of drug-likeness (QED) is 0.245. The van der Waals surface area contributed by atoms with E-state index in [0.29, 0.717) is 0 Å². The fourth-order valence-corrected chi connectivity index (χ4v) is 7.64. The van der Waals surface area contributed by atoms with E-state index < -0.39 is 0 Å². The molecule has 6 N–H and O–H groups in total. The van der Waals surface area contributed by atoms with Gasteiger partial charge in [-0.15, -0.1) is 0 Å². The van der Waals surface area contributed by atoms with Crippen molar-refractivity contribution in [3.05, 3.63) is 66.8 Å². The monoisotopic (exact) mass is 624 g/mol. The molecule has 3 aliphatic heterocycles. The summed E-state index contributed by atoms with van der Waals surface area (Å²) in [5, 5.41) is 23.1. The van der Waals surface area contributed by atoms with Gasteiger partial charge in [0.2, 0.25) is 0 Å². The highest BCUT2D eigenvalue weighted by atomic mass is 32.1. The molecule has 0 amide bonds. The number of benzene rings is 2. The molecule has 5 rings (SSSR count). The minimum absolute atomic E-state index is 0.730. The number of thiocarbonyl (C=S) groups is 3. The van der Waals surface area contributed by atoms with Gasteiger partial charge in [-0.2, -0.15) is 0 Å². The highest BCUT2D eigenvalue weighted by Gasteiger charge is 2.19. The molecule has 0 aromatic heterocycles. The normalized spacial score (nSPS) is 17.4. The maximum atomic E-state index is 5.72. The molecule has 9 heteroatoms. The molecule has 0 fully saturated rings. The number of hydrogen-bond donors (Lipinski definition) is 6. The summed E-state index contributed by atoms with van der Waals surface area (Å²) in [6.07, 6.45) is 5.52. The first-order chi connectivity index (χ1) is 20.1. The Bertz CT molecular complexity index is 1060. The van der Waals surface area contributed by atoms with Crippen LogP contribution in [0, 0.1) is 41.5 Å². The molecule has 2 aromatic carbocycles. The van der Waals surface area contributed by atoms with Crippen molar-refractivity contribution in [3.8, 4) is 0 Å². The molecule has 0 unspecified atom stereocenters. The zero-order valence-corrected chi connectivity index (χ0v) is 28.7. The van der Waals surface area contributed by atoms with Gasteiger partial charge in [0, 0.05) is 39.3 Å². The molecule has 6 bridgehead atoms. The van der Waals surface area contributed by atoms with E-state index in [-0.39, 0.29) is 0 Å². The van der Waals surface area contributed by atoms with E-state index >= 15 is 0 Å². The summed E-state index contributed by atoms with van der Waals surface area (Å²) >= 11 is 17.1. The minimum atomic E-state index is 0.730. The third kappa shape index (κ3) is 7.53. The van der Waals surface area contributed by atoms with Crippen molar-refractivity contribution >= 4 is 52.0 Å². The van der Waals surface area contributed by atoms with E-state index in [1.807, 2.05) is 0 Å². The molecule has 42 heavy (non-hydrogen) atoms. The lowest BCUT2D eigenvalue weighted by Crippen LogP contribution is -2.39. The molecule has 6 nitrogen and oxygen atoms in total. The number of nitrogens with one attached hydrogen (secondary N) is 6. The summed E-state index contributed by atoms with van der Waals surface area (Å²) in [4.78, 5) is 0. The van der Waals surface area contributed by atoms with Crippen LogP contribution in [0.15, 0.2) is 0 Å². The third-order valence-corrected chi connectivity index (χ3v) is 10.3. The molecular weight excluding hydrogens is 577 g/mol. The molecule has 0 aliphatic carbocycles. The summed E-state index contributed by atoms with van der Waals surface area (Å²) in [5.41, 5.74) is 16.8. The molecule has 2 aromatic rings. The molecule has 0 spiro atoms. The van der Waals surface area contributed by atoms with E-state index in [9.17, 15) is 0 Å². The summed E-state index contributed by atoms with van der Waals surface area (Å²) in [5.74, 6) is 0. The van der Waals surface area contributed by atoms with Gasteiger partial charge >= 0.3 is 0 Å². The number of fused-ring (bicyclic) bond motifs is 18. The van der Waals surface area contributed by atoms with Crippen molar-refractivity contribution in [1.82, 2.24) is 31.9 Å². The molecule has 3 heterocycles. The molecule has 0 saturated heterocycles. The van der Waals surface area contributed by atoms with Crippen LogP contribution in [0.3, 0.4) is 0 Å².